The van der Waals surface area contributed by atoms with Crippen LogP contribution in [0, 0.1) is 0 Å². The van der Waals surface area contributed by atoms with Gasteiger partial charge in [0.05, 0.1) is 15.5 Å². The molecule has 0 saturated carbocycles. The maximum atomic E-state index is 12.6. The molecule has 2 aromatic rings. The summed E-state index contributed by atoms with van der Waals surface area (Å²) in [4.78, 5) is 17.3. The van der Waals surface area contributed by atoms with Crippen LogP contribution in [0.25, 0.3) is 0 Å². The number of nitrogens with zero attached hydrogens (tertiary/aromatic N) is 2. The molecule has 0 spiro atoms. The fourth-order valence-corrected chi connectivity index (χ4v) is 4.45. The number of nitrogens with one attached hydrogen (secondary N) is 2. The monoisotopic (exact) mass is 450 g/mol. The maximum Gasteiger partial charge on any atom is 0.252 e. The molecular weight excluding hydrogens is 424 g/mol. The van der Waals surface area contributed by atoms with E-state index in [2.05, 4.69) is 38.9 Å². The first-order valence-electron chi connectivity index (χ1n) is 9.87. The predicted molar refractivity (Wildman–Crippen MR) is 120 cm³/mol. The van der Waals surface area contributed by atoms with Crippen molar-refractivity contribution in [2.45, 2.75) is 17.9 Å². The third-order valence-corrected chi connectivity index (χ3v) is 7.12. The Bertz CT molecular complexity index is 977. The summed E-state index contributed by atoms with van der Waals surface area (Å²) in [7, 11) is -2.33. The maximum absolute atomic E-state index is 12.6. The summed E-state index contributed by atoms with van der Waals surface area (Å²) >= 11 is 6.13. The number of hydrogen-bond acceptors (Lipinski definition) is 5. The summed E-state index contributed by atoms with van der Waals surface area (Å²) in [5.74, 6) is -0.386. The number of amides is 1. The zero-order chi connectivity index (χ0) is 21.7. The van der Waals surface area contributed by atoms with Crippen molar-refractivity contribution in [3.05, 3.63) is 59.1 Å². The third-order valence-electron chi connectivity index (χ3n) is 5.38. The Kier molecular flexibility index (Phi) is 7.36. The van der Waals surface area contributed by atoms with Gasteiger partial charge in [-0.3, -0.25) is 9.69 Å². The van der Waals surface area contributed by atoms with Crippen LogP contribution in [-0.4, -0.2) is 65.0 Å². The number of benzene rings is 2. The van der Waals surface area contributed by atoms with Crippen LogP contribution in [0.3, 0.4) is 0 Å². The molecule has 9 heteroatoms. The molecule has 1 heterocycles. The largest absolute Gasteiger partial charge is 0.369 e. The van der Waals surface area contributed by atoms with E-state index in [1.807, 2.05) is 18.2 Å². The lowest BCUT2D eigenvalue weighted by Crippen LogP contribution is -2.52. The van der Waals surface area contributed by atoms with Gasteiger partial charge in [0, 0.05) is 44.5 Å². The van der Waals surface area contributed by atoms with Gasteiger partial charge in [-0.15, -0.1) is 0 Å². The van der Waals surface area contributed by atoms with Crippen LogP contribution in [0.2, 0.25) is 5.02 Å². The molecule has 0 bridgehead atoms. The molecular formula is C21H27ClN4O3S. The van der Waals surface area contributed by atoms with Crippen LogP contribution < -0.4 is 14.9 Å². The van der Waals surface area contributed by atoms with Gasteiger partial charge in [0.25, 0.3) is 5.91 Å². The summed E-state index contributed by atoms with van der Waals surface area (Å²) in [5, 5.41) is 3.10. The molecule has 3 rings (SSSR count). The van der Waals surface area contributed by atoms with Crippen molar-refractivity contribution in [1.82, 2.24) is 14.9 Å². The Morgan fingerprint density at radius 2 is 1.77 bits per heavy atom. The SMILES string of the molecule is CNS(=O)(=O)c1ccc(Cl)c(C(=O)NCC(C)N2CCN(c3ccccc3)CC2)c1. The van der Waals surface area contributed by atoms with Gasteiger partial charge in [0.1, 0.15) is 0 Å². The van der Waals surface area contributed by atoms with Crippen LogP contribution in [-0.2, 0) is 10.0 Å². The molecule has 1 aliphatic rings. The lowest BCUT2D eigenvalue weighted by atomic mass is 10.2. The zero-order valence-electron chi connectivity index (χ0n) is 17.1. The Labute approximate surface area is 183 Å². The van der Waals surface area contributed by atoms with Crippen LogP contribution >= 0.6 is 11.6 Å². The van der Waals surface area contributed by atoms with Crippen molar-refractivity contribution in [2.75, 3.05) is 44.7 Å². The number of anilines is 1. The molecule has 1 amide bonds. The highest BCUT2D eigenvalue weighted by atomic mass is 35.5. The second-order valence-corrected chi connectivity index (χ2v) is 9.56. The Balaban J connectivity index is 1.56. The average Bonchev–Trinajstić information content (AvgIpc) is 2.78. The van der Waals surface area contributed by atoms with Crippen molar-refractivity contribution >= 4 is 33.2 Å². The van der Waals surface area contributed by atoms with Gasteiger partial charge in [-0.25, -0.2) is 13.1 Å². The van der Waals surface area contributed by atoms with Gasteiger partial charge < -0.3 is 10.2 Å². The number of sulfonamides is 1. The molecule has 2 N–H and O–H groups in total. The second-order valence-electron chi connectivity index (χ2n) is 7.27. The first-order chi connectivity index (χ1) is 14.3. The Morgan fingerprint density at radius 1 is 1.10 bits per heavy atom. The van der Waals surface area contributed by atoms with E-state index in [1.165, 1.54) is 30.9 Å². The first kappa shape index (κ1) is 22.6. The summed E-state index contributed by atoms with van der Waals surface area (Å²) in [6, 6.07) is 14.6. The molecule has 30 heavy (non-hydrogen) atoms. The zero-order valence-corrected chi connectivity index (χ0v) is 18.7. The molecule has 0 aliphatic carbocycles. The van der Waals surface area contributed by atoms with E-state index >= 15 is 0 Å². The first-order valence-corrected chi connectivity index (χ1v) is 11.7. The Morgan fingerprint density at radius 3 is 2.40 bits per heavy atom. The third kappa shape index (κ3) is 5.31. The summed E-state index contributed by atoms with van der Waals surface area (Å²) < 4.78 is 26.2. The molecule has 7 nitrogen and oxygen atoms in total. The lowest BCUT2D eigenvalue weighted by Gasteiger charge is -2.39. The van der Waals surface area contributed by atoms with Crippen molar-refractivity contribution < 1.29 is 13.2 Å². The molecule has 1 atom stereocenters. The van der Waals surface area contributed by atoms with E-state index in [-0.39, 0.29) is 27.4 Å². The van der Waals surface area contributed by atoms with Gasteiger partial charge in [0.2, 0.25) is 10.0 Å². The van der Waals surface area contributed by atoms with E-state index in [9.17, 15) is 13.2 Å². The summed E-state index contributed by atoms with van der Waals surface area (Å²) in [5.41, 5.74) is 1.37. The molecule has 2 aromatic carbocycles. The molecule has 1 fully saturated rings. The van der Waals surface area contributed by atoms with Crippen LogP contribution in [0.1, 0.15) is 17.3 Å². The molecule has 0 aromatic heterocycles. The van der Waals surface area contributed by atoms with Crippen molar-refractivity contribution in [1.29, 1.82) is 0 Å². The van der Waals surface area contributed by atoms with E-state index in [0.29, 0.717) is 6.54 Å². The number of carbonyl (C=O) groups is 1. The minimum atomic E-state index is -3.65. The van der Waals surface area contributed by atoms with E-state index in [0.717, 1.165) is 26.2 Å². The van der Waals surface area contributed by atoms with Gasteiger partial charge in [-0.1, -0.05) is 29.8 Å². The van der Waals surface area contributed by atoms with Crippen molar-refractivity contribution in [3.63, 3.8) is 0 Å². The quantitative estimate of drug-likeness (QED) is 0.675. The standard InChI is InChI=1S/C21H27ClN4O3S/c1-16(25-10-12-26(13-11-25)17-6-4-3-5-7-17)15-24-21(27)19-14-18(8-9-20(19)22)30(28,29)23-2/h3-9,14,16,23H,10-13,15H2,1-2H3,(H,24,27). The average molecular weight is 451 g/mol. The number of rotatable bonds is 7. The van der Waals surface area contributed by atoms with Gasteiger partial charge in [-0.2, -0.15) is 0 Å². The number of para-hydroxylation sites is 1. The fourth-order valence-electron chi connectivity index (χ4n) is 3.49. The number of piperazine rings is 1. The number of carbonyl (C=O) groups excluding carboxylic acids is 1. The topological polar surface area (TPSA) is 81.7 Å². The normalized spacial score (nSPS) is 16.3. The minimum absolute atomic E-state index is 0.00429. The van der Waals surface area contributed by atoms with Crippen LogP contribution in [0.15, 0.2) is 53.4 Å². The van der Waals surface area contributed by atoms with Gasteiger partial charge in [0.15, 0.2) is 0 Å². The molecule has 162 valence electrons. The number of halogens is 1. The summed E-state index contributed by atoms with van der Waals surface area (Å²) in [6.45, 7) is 6.19. The number of hydrogen-bond donors (Lipinski definition) is 2. The smallest absolute Gasteiger partial charge is 0.252 e. The van der Waals surface area contributed by atoms with Crippen LogP contribution in [0.5, 0.6) is 0 Å². The second kappa shape index (κ2) is 9.78. The summed E-state index contributed by atoms with van der Waals surface area (Å²) in [6.07, 6.45) is 0. The van der Waals surface area contributed by atoms with Crippen molar-refractivity contribution in [3.8, 4) is 0 Å². The Hall–Kier alpha value is -2.13. The molecule has 1 aliphatic heterocycles. The molecule has 1 unspecified atom stereocenters. The van der Waals surface area contributed by atoms with Gasteiger partial charge >= 0.3 is 0 Å². The molecule has 0 radical (unpaired) electrons. The van der Waals surface area contributed by atoms with E-state index in [1.54, 1.807) is 0 Å². The highest BCUT2D eigenvalue weighted by Gasteiger charge is 2.22. The van der Waals surface area contributed by atoms with E-state index < -0.39 is 10.0 Å². The van der Waals surface area contributed by atoms with E-state index in [4.69, 9.17) is 11.6 Å². The molecule has 1 saturated heterocycles. The highest BCUT2D eigenvalue weighted by Crippen LogP contribution is 2.21. The van der Waals surface area contributed by atoms with Crippen molar-refractivity contribution in [2.24, 2.45) is 0 Å². The highest BCUT2D eigenvalue weighted by molar-refractivity contribution is 7.89. The predicted octanol–water partition coefficient (Wildman–Crippen LogP) is 2.19. The fraction of sp³-hybridized carbons (Fsp3) is 0.381. The minimum Gasteiger partial charge on any atom is -0.369 e. The lowest BCUT2D eigenvalue weighted by molar-refractivity contribution is 0.0934. The van der Waals surface area contributed by atoms with Crippen LogP contribution in [0.4, 0.5) is 5.69 Å². The van der Waals surface area contributed by atoms with Gasteiger partial charge in [-0.05, 0) is 44.3 Å².